The third-order valence-corrected chi connectivity index (χ3v) is 6.47. The number of aryl methyl sites for hydroxylation is 1. The van der Waals surface area contributed by atoms with Crippen LogP contribution >= 0.6 is 11.3 Å². The van der Waals surface area contributed by atoms with Crippen molar-refractivity contribution in [2.24, 2.45) is 0 Å². The minimum Gasteiger partial charge on any atom is -0.393 e. The number of aliphatic hydroxyl groups is 1. The molecule has 3 aromatic heterocycles. The first-order valence-electron chi connectivity index (χ1n) is 9.46. The van der Waals surface area contributed by atoms with E-state index in [2.05, 4.69) is 41.5 Å². The lowest BCUT2D eigenvalue weighted by molar-refractivity contribution is 0.126. The number of aromatic nitrogens is 3. The fourth-order valence-corrected chi connectivity index (χ4v) is 4.87. The summed E-state index contributed by atoms with van der Waals surface area (Å²) in [6, 6.07) is 13.1. The number of rotatable bonds is 3. The van der Waals surface area contributed by atoms with E-state index in [0.29, 0.717) is 6.04 Å². The molecule has 138 valence electrons. The zero-order valence-corrected chi connectivity index (χ0v) is 16.0. The summed E-state index contributed by atoms with van der Waals surface area (Å²) in [5, 5.41) is 19.3. The van der Waals surface area contributed by atoms with Crippen molar-refractivity contribution in [1.82, 2.24) is 14.6 Å². The molecule has 1 aliphatic rings. The number of imidazole rings is 1. The van der Waals surface area contributed by atoms with Crippen molar-refractivity contribution in [2.45, 2.75) is 44.8 Å². The summed E-state index contributed by atoms with van der Waals surface area (Å²) in [5.74, 6) is 0.861. The minimum atomic E-state index is -0.143. The second-order valence-electron chi connectivity index (χ2n) is 7.43. The molecular weight excluding hydrogens is 356 g/mol. The van der Waals surface area contributed by atoms with Gasteiger partial charge in [-0.05, 0) is 62.3 Å². The van der Waals surface area contributed by atoms with Crippen molar-refractivity contribution in [3.8, 4) is 10.6 Å². The molecule has 1 aromatic carbocycles. The van der Waals surface area contributed by atoms with Crippen LogP contribution in [0.4, 0.5) is 5.82 Å². The van der Waals surface area contributed by atoms with Crippen LogP contribution in [0.25, 0.3) is 26.3 Å². The Morgan fingerprint density at radius 1 is 1.11 bits per heavy atom. The van der Waals surface area contributed by atoms with Gasteiger partial charge in [-0.15, -0.1) is 16.4 Å². The SMILES string of the molecule is Cc1ccc2sc(-c3cnc4ccc(NC5CCC(O)CC5)nn34)cc2c1. The molecule has 0 unspecified atom stereocenters. The number of hydrogen-bond acceptors (Lipinski definition) is 5. The number of thiophene rings is 1. The van der Waals surface area contributed by atoms with Crippen molar-refractivity contribution in [1.29, 1.82) is 0 Å². The summed E-state index contributed by atoms with van der Waals surface area (Å²) in [6.45, 7) is 2.12. The van der Waals surface area contributed by atoms with E-state index in [0.717, 1.165) is 42.8 Å². The number of anilines is 1. The van der Waals surface area contributed by atoms with E-state index >= 15 is 0 Å². The topological polar surface area (TPSA) is 62.5 Å². The van der Waals surface area contributed by atoms with Crippen molar-refractivity contribution < 1.29 is 5.11 Å². The number of benzene rings is 1. The van der Waals surface area contributed by atoms with Gasteiger partial charge in [0, 0.05) is 10.7 Å². The van der Waals surface area contributed by atoms with Gasteiger partial charge in [0.1, 0.15) is 11.5 Å². The van der Waals surface area contributed by atoms with Crippen LogP contribution in [0.15, 0.2) is 42.6 Å². The molecule has 5 rings (SSSR count). The number of nitrogens with zero attached hydrogens (tertiary/aromatic N) is 3. The van der Waals surface area contributed by atoms with E-state index in [4.69, 9.17) is 5.10 Å². The Labute approximate surface area is 161 Å². The molecule has 27 heavy (non-hydrogen) atoms. The molecule has 3 heterocycles. The molecule has 0 saturated heterocycles. The fourth-order valence-electron chi connectivity index (χ4n) is 3.84. The average molecular weight is 379 g/mol. The first-order valence-corrected chi connectivity index (χ1v) is 10.3. The normalized spacial score (nSPS) is 20.4. The van der Waals surface area contributed by atoms with Crippen LogP contribution in [0.3, 0.4) is 0 Å². The molecule has 1 saturated carbocycles. The van der Waals surface area contributed by atoms with Gasteiger partial charge < -0.3 is 10.4 Å². The molecule has 0 radical (unpaired) electrons. The van der Waals surface area contributed by atoms with Crippen LogP contribution in [-0.4, -0.2) is 31.9 Å². The maximum Gasteiger partial charge on any atom is 0.154 e. The summed E-state index contributed by atoms with van der Waals surface area (Å²) in [7, 11) is 0. The van der Waals surface area contributed by atoms with Crippen LogP contribution in [0.2, 0.25) is 0 Å². The Hall–Kier alpha value is -2.44. The van der Waals surface area contributed by atoms with Crippen LogP contribution < -0.4 is 5.32 Å². The first-order chi connectivity index (χ1) is 13.2. The highest BCUT2D eigenvalue weighted by molar-refractivity contribution is 7.22. The van der Waals surface area contributed by atoms with E-state index in [-0.39, 0.29) is 6.10 Å². The molecule has 1 aliphatic carbocycles. The highest BCUT2D eigenvalue weighted by atomic mass is 32.1. The quantitative estimate of drug-likeness (QED) is 0.545. The van der Waals surface area contributed by atoms with Gasteiger partial charge in [0.2, 0.25) is 0 Å². The van der Waals surface area contributed by atoms with Crippen molar-refractivity contribution in [2.75, 3.05) is 5.32 Å². The molecule has 0 spiro atoms. The highest BCUT2D eigenvalue weighted by Crippen LogP contribution is 2.34. The lowest BCUT2D eigenvalue weighted by Gasteiger charge is -2.26. The molecule has 2 N–H and O–H groups in total. The Bertz CT molecular complexity index is 1110. The average Bonchev–Trinajstić information content (AvgIpc) is 3.26. The van der Waals surface area contributed by atoms with Gasteiger partial charge in [-0.1, -0.05) is 17.7 Å². The van der Waals surface area contributed by atoms with Crippen LogP contribution in [-0.2, 0) is 0 Å². The standard InChI is InChI=1S/C21H22N4OS/c1-13-2-7-18-14(10-13)11-19(27-18)17-12-22-21-9-8-20(24-25(17)21)23-15-3-5-16(26)6-4-15/h2,7-12,15-16,26H,3-6H2,1H3,(H,23,24). The summed E-state index contributed by atoms with van der Waals surface area (Å²) in [4.78, 5) is 5.70. The molecule has 0 amide bonds. The summed E-state index contributed by atoms with van der Waals surface area (Å²) in [5.41, 5.74) is 3.14. The minimum absolute atomic E-state index is 0.143. The molecule has 0 atom stereocenters. The van der Waals surface area contributed by atoms with Gasteiger partial charge in [0.25, 0.3) is 0 Å². The number of hydrogen-bond donors (Lipinski definition) is 2. The molecule has 4 aromatic rings. The fraction of sp³-hybridized carbons (Fsp3) is 0.333. The summed E-state index contributed by atoms with van der Waals surface area (Å²) in [6.07, 6.45) is 5.44. The van der Waals surface area contributed by atoms with Crippen LogP contribution in [0.1, 0.15) is 31.2 Å². The Morgan fingerprint density at radius 2 is 1.96 bits per heavy atom. The van der Waals surface area contributed by atoms with Crippen LogP contribution in [0.5, 0.6) is 0 Å². The molecule has 1 fully saturated rings. The summed E-state index contributed by atoms with van der Waals surface area (Å²) < 4.78 is 3.21. The van der Waals surface area contributed by atoms with Crippen molar-refractivity contribution in [3.63, 3.8) is 0 Å². The van der Waals surface area contributed by atoms with E-state index < -0.39 is 0 Å². The number of fused-ring (bicyclic) bond motifs is 2. The predicted octanol–water partition coefficient (Wildman–Crippen LogP) is 4.63. The van der Waals surface area contributed by atoms with Gasteiger partial charge in [0.05, 0.1) is 17.2 Å². The lowest BCUT2D eigenvalue weighted by atomic mass is 9.93. The van der Waals surface area contributed by atoms with Crippen molar-refractivity contribution in [3.05, 3.63) is 48.2 Å². The van der Waals surface area contributed by atoms with Crippen LogP contribution in [0, 0.1) is 6.92 Å². The second kappa shape index (κ2) is 6.62. The summed E-state index contributed by atoms with van der Waals surface area (Å²) >= 11 is 1.77. The zero-order chi connectivity index (χ0) is 18.4. The highest BCUT2D eigenvalue weighted by Gasteiger charge is 2.20. The Morgan fingerprint density at radius 3 is 2.81 bits per heavy atom. The van der Waals surface area contributed by atoms with E-state index in [9.17, 15) is 5.11 Å². The Kier molecular flexibility index (Phi) is 4.10. The van der Waals surface area contributed by atoms with Gasteiger partial charge in [0.15, 0.2) is 5.65 Å². The zero-order valence-electron chi connectivity index (χ0n) is 15.2. The molecule has 0 aliphatic heterocycles. The third-order valence-electron chi connectivity index (χ3n) is 5.34. The second-order valence-corrected chi connectivity index (χ2v) is 8.52. The van der Waals surface area contributed by atoms with Gasteiger partial charge in [-0.2, -0.15) is 0 Å². The third kappa shape index (κ3) is 3.19. The molecule has 6 heteroatoms. The van der Waals surface area contributed by atoms with Gasteiger partial charge >= 0.3 is 0 Å². The van der Waals surface area contributed by atoms with Crippen molar-refractivity contribution >= 4 is 32.9 Å². The van der Waals surface area contributed by atoms with Gasteiger partial charge in [-0.3, -0.25) is 0 Å². The molecular formula is C21H22N4OS. The molecule has 5 nitrogen and oxygen atoms in total. The monoisotopic (exact) mass is 378 g/mol. The van der Waals surface area contributed by atoms with E-state index in [1.807, 2.05) is 22.8 Å². The van der Waals surface area contributed by atoms with Gasteiger partial charge in [-0.25, -0.2) is 9.50 Å². The number of aliphatic hydroxyl groups excluding tert-OH is 1. The maximum absolute atomic E-state index is 9.69. The van der Waals surface area contributed by atoms with E-state index in [1.54, 1.807) is 11.3 Å². The van der Waals surface area contributed by atoms with E-state index in [1.165, 1.54) is 20.5 Å². The first kappa shape index (κ1) is 16.7. The smallest absolute Gasteiger partial charge is 0.154 e. The maximum atomic E-state index is 9.69. The largest absolute Gasteiger partial charge is 0.393 e. The number of nitrogens with one attached hydrogen (secondary N) is 1. The Balaban J connectivity index is 1.49. The lowest BCUT2D eigenvalue weighted by Crippen LogP contribution is -2.28. The predicted molar refractivity (Wildman–Crippen MR) is 110 cm³/mol. The molecule has 0 bridgehead atoms.